The van der Waals surface area contributed by atoms with Crippen molar-refractivity contribution in [2.45, 2.75) is 64.8 Å². The van der Waals surface area contributed by atoms with Crippen LogP contribution < -0.4 is 5.32 Å². The Morgan fingerprint density at radius 2 is 1.96 bits per heavy atom. The van der Waals surface area contributed by atoms with Gasteiger partial charge in [-0.3, -0.25) is 4.79 Å². The van der Waals surface area contributed by atoms with Crippen LogP contribution in [0.15, 0.2) is 22.7 Å². The van der Waals surface area contributed by atoms with Crippen LogP contribution in [0.4, 0.5) is 0 Å². The molecule has 23 heavy (non-hydrogen) atoms. The van der Waals surface area contributed by atoms with Gasteiger partial charge in [0.05, 0.1) is 0 Å². The minimum absolute atomic E-state index is 0.0219. The molecular weight excluding hydrogens is 350 g/mol. The van der Waals surface area contributed by atoms with Gasteiger partial charge in [-0.05, 0) is 57.2 Å². The lowest BCUT2D eigenvalue weighted by Gasteiger charge is -2.36. The highest BCUT2D eigenvalue weighted by Crippen LogP contribution is 2.34. The van der Waals surface area contributed by atoms with Crippen molar-refractivity contribution in [3.05, 3.63) is 39.4 Å². The second kappa shape index (κ2) is 6.43. The molecule has 1 aromatic rings. The first-order chi connectivity index (χ1) is 10.9. The van der Waals surface area contributed by atoms with E-state index < -0.39 is 0 Å². The first-order valence-electron chi connectivity index (χ1n) is 8.69. The molecule has 1 heterocycles. The number of rotatable bonds is 2. The van der Waals surface area contributed by atoms with E-state index in [1.165, 1.54) is 36.0 Å². The maximum absolute atomic E-state index is 12.7. The number of halogens is 1. The van der Waals surface area contributed by atoms with Gasteiger partial charge in [-0.1, -0.05) is 41.3 Å². The fourth-order valence-corrected chi connectivity index (χ4v) is 4.19. The summed E-state index contributed by atoms with van der Waals surface area (Å²) in [5.41, 5.74) is 4.72. The van der Waals surface area contributed by atoms with Crippen LogP contribution in [0.25, 0.3) is 5.70 Å². The minimum Gasteiger partial charge on any atom is -0.379 e. The fourth-order valence-electron chi connectivity index (χ4n) is 3.85. The van der Waals surface area contributed by atoms with Gasteiger partial charge in [-0.2, -0.15) is 0 Å². The molecule has 0 unspecified atom stereocenters. The Morgan fingerprint density at radius 3 is 2.65 bits per heavy atom. The van der Waals surface area contributed by atoms with E-state index in [9.17, 15) is 4.79 Å². The lowest BCUT2D eigenvalue weighted by molar-refractivity contribution is -0.119. The van der Waals surface area contributed by atoms with E-state index in [1.807, 2.05) is 6.08 Å². The van der Waals surface area contributed by atoms with E-state index in [-0.39, 0.29) is 11.5 Å². The van der Waals surface area contributed by atoms with Crippen molar-refractivity contribution in [1.29, 1.82) is 0 Å². The van der Waals surface area contributed by atoms with E-state index >= 15 is 0 Å². The number of hydrogen-bond donors (Lipinski definition) is 1. The fraction of sp³-hybridized carbons (Fsp3) is 0.550. The smallest absolute Gasteiger partial charge is 0.160 e. The van der Waals surface area contributed by atoms with Crippen molar-refractivity contribution in [2.75, 3.05) is 0 Å². The number of ketones is 1. The Hall–Kier alpha value is -1.09. The first kappa shape index (κ1) is 16.8. The molecule has 0 radical (unpaired) electrons. The third-order valence-corrected chi connectivity index (χ3v) is 5.93. The summed E-state index contributed by atoms with van der Waals surface area (Å²) in [5.74, 6) is 0.521. The quantitative estimate of drug-likeness (QED) is 0.722. The molecule has 0 atom stereocenters. The number of benzene rings is 1. The summed E-state index contributed by atoms with van der Waals surface area (Å²) >= 11 is 3.63. The SMILES string of the molecule is Cc1cc2c(cc1Br)/C(=C/C(=O)C1CCCCC1)NC(C)(C)C2. The Morgan fingerprint density at radius 1 is 1.26 bits per heavy atom. The predicted molar refractivity (Wildman–Crippen MR) is 99.4 cm³/mol. The predicted octanol–water partition coefficient (Wildman–Crippen LogP) is 5.17. The molecule has 0 saturated heterocycles. The molecule has 3 rings (SSSR count). The summed E-state index contributed by atoms with van der Waals surface area (Å²) < 4.78 is 1.11. The summed E-state index contributed by atoms with van der Waals surface area (Å²) in [6.45, 7) is 6.52. The van der Waals surface area contributed by atoms with Crippen molar-refractivity contribution in [3.63, 3.8) is 0 Å². The van der Waals surface area contributed by atoms with Gasteiger partial charge in [-0.15, -0.1) is 0 Å². The van der Waals surface area contributed by atoms with E-state index in [2.05, 4.69) is 54.2 Å². The van der Waals surface area contributed by atoms with Gasteiger partial charge in [0, 0.05) is 33.3 Å². The van der Waals surface area contributed by atoms with Crippen LogP contribution in [0.5, 0.6) is 0 Å². The van der Waals surface area contributed by atoms with Crippen molar-refractivity contribution in [1.82, 2.24) is 5.32 Å². The largest absolute Gasteiger partial charge is 0.379 e. The molecule has 1 aliphatic heterocycles. The highest BCUT2D eigenvalue weighted by atomic mass is 79.9. The Bertz CT molecular complexity index is 654. The zero-order chi connectivity index (χ0) is 16.6. The van der Waals surface area contributed by atoms with Gasteiger partial charge in [0.2, 0.25) is 0 Å². The third kappa shape index (κ3) is 3.71. The number of carbonyl (C=O) groups excluding carboxylic acids is 1. The van der Waals surface area contributed by atoms with Crippen molar-refractivity contribution in [2.24, 2.45) is 5.92 Å². The van der Waals surface area contributed by atoms with Crippen molar-refractivity contribution >= 4 is 27.4 Å². The normalized spacial score (nSPS) is 22.5. The molecule has 0 spiro atoms. The van der Waals surface area contributed by atoms with E-state index in [4.69, 9.17) is 0 Å². The molecule has 1 saturated carbocycles. The number of carbonyl (C=O) groups is 1. The molecule has 124 valence electrons. The topological polar surface area (TPSA) is 29.1 Å². The summed E-state index contributed by atoms with van der Waals surface area (Å²) in [6.07, 6.45) is 8.62. The molecule has 1 fully saturated rings. The maximum Gasteiger partial charge on any atom is 0.160 e. The summed E-state index contributed by atoms with van der Waals surface area (Å²) in [4.78, 5) is 12.7. The van der Waals surface area contributed by atoms with Crippen LogP contribution in [-0.2, 0) is 11.2 Å². The maximum atomic E-state index is 12.7. The third-order valence-electron chi connectivity index (χ3n) is 5.07. The Balaban J connectivity index is 1.96. The highest BCUT2D eigenvalue weighted by molar-refractivity contribution is 9.10. The highest BCUT2D eigenvalue weighted by Gasteiger charge is 2.29. The molecule has 1 aliphatic carbocycles. The Kier molecular flexibility index (Phi) is 4.68. The van der Waals surface area contributed by atoms with E-state index in [0.717, 1.165) is 29.4 Å². The van der Waals surface area contributed by atoms with E-state index in [0.29, 0.717) is 5.78 Å². The van der Waals surface area contributed by atoms with Crippen molar-refractivity contribution in [3.8, 4) is 0 Å². The average molecular weight is 376 g/mol. The van der Waals surface area contributed by atoms with Crippen molar-refractivity contribution < 1.29 is 4.79 Å². The first-order valence-corrected chi connectivity index (χ1v) is 9.48. The van der Waals surface area contributed by atoms with Crippen LogP contribution in [0.1, 0.15) is 62.6 Å². The van der Waals surface area contributed by atoms with Crippen LogP contribution in [-0.4, -0.2) is 11.3 Å². The number of nitrogens with one attached hydrogen (secondary N) is 1. The van der Waals surface area contributed by atoms with E-state index in [1.54, 1.807) is 0 Å². The zero-order valence-electron chi connectivity index (χ0n) is 14.3. The monoisotopic (exact) mass is 375 g/mol. The molecule has 0 aromatic heterocycles. The number of fused-ring (bicyclic) bond motifs is 1. The minimum atomic E-state index is -0.0219. The van der Waals surface area contributed by atoms with Gasteiger partial charge in [0.25, 0.3) is 0 Å². The molecule has 1 aromatic carbocycles. The molecule has 0 bridgehead atoms. The van der Waals surface area contributed by atoms with Gasteiger partial charge in [-0.25, -0.2) is 0 Å². The Labute approximate surface area is 147 Å². The molecule has 2 aliphatic rings. The van der Waals surface area contributed by atoms with Crippen LogP contribution >= 0.6 is 15.9 Å². The van der Waals surface area contributed by atoms with Crippen LogP contribution in [0.2, 0.25) is 0 Å². The number of hydrogen-bond acceptors (Lipinski definition) is 2. The molecule has 0 amide bonds. The summed E-state index contributed by atoms with van der Waals surface area (Å²) in [7, 11) is 0. The second-order valence-corrected chi connectivity index (χ2v) is 8.59. The standard InChI is InChI=1S/C20H26BrNO/c1-13-9-15-12-20(2,3)22-18(16(15)10-17(13)21)11-19(23)14-7-5-4-6-8-14/h9-11,14,22H,4-8,12H2,1-3H3/b18-11-. The molecule has 2 nitrogen and oxygen atoms in total. The zero-order valence-corrected chi connectivity index (χ0v) is 15.9. The lowest BCUT2D eigenvalue weighted by atomic mass is 9.82. The van der Waals surface area contributed by atoms with Crippen LogP contribution in [0, 0.1) is 12.8 Å². The van der Waals surface area contributed by atoms with Gasteiger partial charge >= 0.3 is 0 Å². The summed E-state index contributed by atoms with van der Waals surface area (Å²) in [6, 6.07) is 4.41. The molecule has 1 N–H and O–H groups in total. The van der Waals surface area contributed by atoms with Gasteiger partial charge in [0.1, 0.15) is 0 Å². The number of aryl methyl sites for hydroxylation is 1. The summed E-state index contributed by atoms with van der Waals surface area (Å²) in [5, 5.41) is 3.59. The average Bonchev–Trinajstić information content (AvgIpc) is 2.49. The molecule has 3 heteroatoms. The lowest BCUT2D eigenvalue weighted by Crippen LogP contribution is -2.44. The second-order valence-electron chi connectivity index (χ2n) is 7.74. The van der Waals surface area contributed by atoms with Crippen LogP contribution in [0.3, 0.4) is 0 Å². The molecular formula is C20H26BrNO. The van der Waals surface area contributed by atoms with Gasteiger partial charge in [0.15, 0.2) is 5.78 Å². The van der Waals surface area contributed by atoms with Gasteiger partial charge < -0.3 is 5.32 Å². The number of allylic oxidation sites excluding steroid dienone is 1.